The number of amides is 3. The van der Waals surface area contributed by atoms with Gasteiger partial charge in [-0.2, -0.15) is 0 Å². The molecule has 31 heavy (non-hydrogen) atoms. The number of nitrogens with zero attached hydrogens (tertiary/aromatic N) is 2. The molecule has 2 fully saturated rings. The van der Waals surface area contributed by atoms with E-state index in [0.717, 1.165) is 30.2 Å². The predicted octanol–water partition coefficient (Wildman–Crippen LogP) is 1.35. The number of carbonyl (C=O) groups excluding carboxylic acids is 3. The smallest absolute Gasteiger partial charge is 0.253 e. The van der Waals surface area contributed by atoms with Crippen LogP contribution < -0.4 is 16.0 Å². The molecule has 0 spiro atoms. The Bertz CT molecular complexity index is 835. The fourth-order valence-corrected chi connectivity index (χ4v) is 3.71. The zero-order chi connectivity index (χ0) is 22.5. The number of alkyl halides is 2. The number of halogens is 3. The monoisotopic (exact) mass is 442 g/mol. The summed E-state index contributed by atoms with van der Waals surface area (Å²) in [6.07, 6.45) is -0.160. The summed E-state index contributed by atoms with van der Waals surface area (Å²) in [5.74, 6) is -3.13. The van der Waals surface area contributed by atoms with E-state index in [1.54, 1.807) is 0 Å². The molecular formula is C20H25F3N4O4. The zero-order valence-corrected chi connectivity index (χ0v) is 16.9. The maximum atomic E-state index is 14.6. The maximum absolute atomic E-state index is 14.6. The predicted molar refractivity (Wildman–Crippen MR) is 106 cm³/mol. The highest BCUT2D eigenvalue weighted by atomic mass is 19.3. The van der Waals surface area contributed by atoms with Crippen LogP contribution in [0.3, 0.4) is 0 Å². The third-order valence-electron chi connectivity index (χ3n) is 5.48. The van der Waals surface area contributed by atoms with Crippen molar-refractivity contribution in [2.24, 2.45) is 11.7 Å². The second-order valence-corrected chi connectivity index (χ2v) is 7.70. The molecule has 2 aliphatic rings. The van der Waals surface area contributed by atoms with E-state index >= 15 is 0 Å². The number of carbonyl (C=O) groups is 3. The fourth-order valence-electron chi connectivity index (χ4n) is 3.71. The summed E-state index contributed by atoms with van der Waals surface area (Å²) >= 11 is 0. The minimum absolute atomic E-state index is 0.107. The zero-order valence-electron chi connectivity index (χ0n) is 16.9. The van der Waals surface area contributed by atoms with Crippen LogP contribution in [-0.4, -0.2) is 67.9 Å². The molecule has 1 aromatic carbocycles. The molecule has 0 aromatic heterocycles. The standard InChI is InChI=1S/C20H25F3N4O4/c21-14-8-13(27-6-7-31-11-17(27)28)4-5-15(14)25-20(30)18(19(24)29)26(10-16(22)23)9-12-2-1-3-12/h4-5,8,12,16,18H,1-3,6-7,9-11H2,(H2,24,29)(H,25,30)/t18-/m0/s1. The van der Waals surface area contributed by atoms with Crippen molar-refractivity contribution >= 4 is 29.1 Å². The summed E-state index contributed by atoms with van der Waals surface area (Å²) in [6.45, 7) is -0.198. The summed E-state index contributed by atoms with van der Waals surface area (Å²) in [5.41, 5.74) is 5.38. The Hall–Kier alpha value is -2.66. The van der Waals surface area contributed by atoms with Gasteiger partial charge < -0.3 is 20.7 Å². The van der Waals surface area contributed by atoms with Gasteiger partial charge in [0.2, 0.25) is 5.91 Å². The summed E-state index contributed by atoms with van der Waals surface area (Å²) in [5, 5.41) is 2.27. The SMILES string of the molecule is NC(=O)[C@@H](C(=O)Nc1ccc(N2CCOCC2=O)cc1F)N(CC(F)F)CC1CCC1. The lowest BCUT2D eigenvalue weighted by Gasteiger charge is -2.35. The van der Waals surface area contributed by atoms with E-state index in [-0.39, 0.29) is 37.2 Å². The van der Waals surface area contributed by atoms with Gasteiger partial charge in [-0.25, -0.2) is 13.2 Å². The molecular weight excluding hydrogens is 417 g/mol. The highest BCUT2D eigenvalue weighted by Gasteiger charge is 2.35. The third kappa shape index (κ3) is 5.73. The van der Waals surface area contributed by atoms with Gasteiger partial charge in [0.05, 0.1) is 18.8 Å². The lowest BCUT2D eigenvalue weighted by atomic mass is 9.85. The van der Waals surface area contributed by atoms with E-state index in [4.69, 9.17) is 10.5 Å². The van der Waals surface area contributed by atoms with Crippen molar-refractivity contribution in [1.29, 1.82) is 0 Å². The molecule has 3 amide bonds. The molecule has 0 unspecified atom stereocenters. The highest BCUT2D eigenvalue weighted by Crippen LogP contribution is 2.28. The van der Waals surface area contributed by atoms with Crippen LogP contribution in [-0.2, 0) is 19.1 Å². The van der Waals surface area contributed by atoms with Crippen LogP contribution in [0.15, 0.2) is 18.2 Å². The van der Waals surface area contributed by atoms with E-state index in [2.05, 4.69) is 5.32 Å². The average molecular weight is 442 g/mol. The molecule has 11 heteroatoms. The van der Waals surface area contributed by atoms with Crippen molar-refractivity contribution in [1.82, 2.24) is 4.90 Å². The Kier molecular flexibility index (Phi) is 7.50. The van der Waals surface area contributed by atoms with Crippen LogP contribution in [0.4, 0.5) is 24.5 Å². The Morgan fingerprint density at radius 1 is 1.32 bits per heavy atom. The number of ether oxygens (including phenoxy) is 1. The van der Waals surface area contributed by atoms with Crippen molar-refractivity contribution in [2.45, 2.75) is 31.7 Å². The van der Waals surface area contributed by atoms with Crippen molar-refractivity contribution in [3.05, 3.63) is 24.0 Å². The molecule has 3 N–H and O–H groups in total. The number of nitrogens with two attached hydrogens (primary N) is 1. The van der Waals surface area contributed by atoms with Crippen LogP contribution >= 0.6 is 0 Å². The van der Waals surface area contributed by atoms with Crippen molar-refractivity contribution in [3.8, 4) is 0 Å². The molecule has 0 radical (unpaired) electrons. The first-order valence-corrected chi connectivity index (χ1v) is 10.1. The number of rotatable bonds is 9. The first-order valence-electron chi connectivity index (χ1n) is 10.1. The first kappa shape index (κ1) is 23.0. The van der Waals surface area contributed by atoms with E-state index in [0.29, 0.717) is 12.3 Å². The van der Waals surface area contributed by atoms with Crippen LogP contribution in [0, 0.1) is 11.7 Å². The Labute approximate surface area is 177 Å². The summed E-state index contributed by atoms with van der Waals surface area (Å²) in [4.78, 5) is 39.0. The van der Waals surface area contributed by atoms with Gasteiger partial charge in [0, 0.05) is 18.8 Å². The second-order valence-electron chi connectivity index (χ2n) is 7.70. The fraction of sp³-hybridized carbons (Fsp3) is 0.550. The van der Waals surface area contributed by atoms with E-state index < -0.39 is 36.6 Å². The van der Waals surface area contributed by atoms with E-state index in [1.807, 2.05) is 0 Å². The lowest BCUT2D eigenvalue weighted by Crippen LogP contribution is -2.55. The van der Waals surface area contributed by atoms with Crippen molar-refractivity contribution in [3.63, 3.8) is 0 Å². The average Bonchev–Trinajstić information content (AvgIpc) is 2.66. The number of nitrogens with one attached hydrogen (secondary N) is 1. The number of hydrogen-bond donors (Lipinski definition) is 2. The molecule has 170 valence electrons. The van der Waals surface area contributed by atoms with Gasteiger partial charge in [-0.1, -0.05) is 6.42 Å². The largest absolute Gasteiger partial charge is 0.370 e. The van der Waals surface area contributed by atoms with Gasteiger partial charge in [-0.15, -0.1) is 0 Å². The lowest BCUT2D eigenvalue weighted by molar-refractivity contribution is -0.134. The quantitative estimate of drug-likeness (QED) is 0.562. The van der Waals surface area contributed by atoms with Crippen molar-refractivity contribution in [2.75, 3.05) is 43.1 Å². The first-order chi connectivity index (χ1) is 14.8. The third-order valence-corrected chi connectivity index (χ3v) is 5.48. The molecule has 3 rings (SSSR count). The molecule has 1 aliphatic heterocycles. The number of hydrogen-bond acceptors (Lipinski definition) is 5. The van der Waals surface area contributed by atoms with Crippen LogP contribution in [0.2, 0.25) is 0 Å². The second kappa shape index (κ2) is 10.1. The minimum Gasteiger partial charge on any atom is -0.370 e. The van der Waals surface area contributed by atoms with Gasteiger partial charge in [-0.05, 0) is 37.0 Å². The van der Waals surface area contributed by atoms with Gasteiger partial charge in [-0.3, -0.25) is 19.3 Å². The summed E-state index contributed by atoms with van der Waals surface area (Å²) in [6, 6.07) is 2.09. The van der Waals surface area contributed by atoms with E-state index in [9.17, 15) is 27.6 Å². The Morgan fingerprint density at radius 3 is 2.61 bits per heavy atom. The highest BCUT2D eigenvalue weighted by molar-refractivity contribution is 6.09. The van der Waals surface area contributed by atoms with Gasteiger partial charge >= 0.3 is 0 Å². The maximum Gasteiger partial charge on any atom is 0.253 e. The topological polar surface area (TPSA) is 105 Å². The van der Waals surface area contributed by atoms with Gasteiger partial charge in [0.25, 0.3) is 18.2 Å². The molecule has 1 atom stereocenters. The molecule has 1 saturated heterocycles. The number of primary amides is 1. The summed E-state index contributed by atoms with van der Waals surface area (Å²) in [7, 11) is 0. The Balaban J connectivity index is 1.74. The minimum atomic E-state index is -2.77. The molecule has 1 heterocycles. The molecule has 1 aliphatic carbocycles. The van der Waals surface area contributed by atoms with Gasteiger partial charge in [0.1, 0.15) is 12.4 Å². The van der Waals surface area contributed by atoms with Crippen LogP contribution in [0.1, 0.15) is 19.3 Å². The van der Waals surface area contributed by atoms with E-state index in [1.165, 1.54) is 17.0 Å². The normalized spacial score (nSPS) is 18.2. The molecule has 8 nitrogen and oxygen atoms in total. The van der Waals surface area contributed by atoms with Crippen molar-refractivity contribution < 1.29 is 32.3 Å². The van der Waals surface area contributed by atoms with Crippen LogP contribution in [0.25, 0.3) is 0 Å². The Morgan fingerprint density at radius 2 is 2.06 bits per heavy atom. The molecule has 1 saturated carbocycles. The number of anilines is 2. The number of morpholine rings is 1. The van der Waals surface area contributed by atoms with Gasteiger partial charge in [0.15, 0.2) is 6.04 Å². The molecule has 1 aromatic rings. The summed E-state index contributed by atoms with van der Waals surface area (Å²) < 4.78 is 45.8. The molecule has 0 bridgehead atoms. The number of benzene rings is 1. The van der Waals surface area contributed by atoms with Crippen LogP contribution in [0.5, 0.6) is 0 Å².